The van der Waals surface area contributed by atoms with Crippen LogP contribution in [0.5, 0.6) is 5.88 Å². The third-order valence-electron chi connectivity index (χ3n) is 3.29. The summed E-state index contributed by atoms with van der Waals surface area (Å²) in [7, 11) is 1.51. The van der Waals surface area contributed by atoms with Crippen LogP contribution in [-0.4, -0.2) is 40.4 Å². The minimum Gasteiger partial charge on any atom is -0.479 e. The monoisotopic (exact) mass is 294 g/mol. The third-order valence-corrected chi connectivity index (χ3v) is 3.64. The van der Waals surface area contributed by atoms with Gasteiger partial charge in [-0.2, -0.15) is 4.98 Å². The van der Waals surface area contributed by atoms with Crippen molar-refractivity contribution in [3.63, 3.8) is 0 Å². The molecule has 3 heterocycles. The summed E-state index contributed by atoms with van der Waals surface area (Å²) in [5, 5.41) is 7.18. The van der Waals surface area contributed by atoms with Crippen LogP contribution >= 0.6 is 11.6 Å². The Labute approximate surface area is 121 Å². The highest BCUT2D eigenvalue weighted by atomic mass is 35.5. The number of H-pyrrole nitrogens is 1. The maximum absolute atomic E-state index is 6.19. The number of ether oxygens (including phenoxy) is 1. The Morgan fingerprint density at radius 3 is 2.75 bits per heavy atom. The molecular weight excluding hydrogens is 280 g/mol. The van der Waals surface area contributed by atoms with Crippen molar-refractivity contribution in [2.24, 2.45) is 0 Å². The van der Waals surface area contributed by atoms with Gasteiger partial charge in [0.1, 0.15) is 16.5 Å². The van der Waals surface area contributed by atoms with Crippen LogP contribution in [0.1, 0.15) is 12.8 Å². The lowest BCUT2D eigenvalue weighted by atomic mass is 10.3. The van der Waals surface area contributed by atoms with Crippen molar-refractivity contribution >= 4 is 23.4 Å². The minimum absolute atomic E-state index is 0.217. The van der Waals surface area contributed by atoms with Crippen molar-refractivity contribution in [3.8, 4) is 17.3 Å². The van der Waals surface area contributed by atoms with Gasteiger partial charge in [-0.15, -0.1) is 5.10 Å². The molecule has 20 heavy (non-hydrogen) atoms. The Hall–Kier alpha value is -2.02. The van der Waals surface area contributed by atoms with Gasteiger partial charge in [-0.05, 0) is 12.8 Å². The van der Waals surface area contributed by atoms with Crippen LogP contribution in [0.15, 0.2) is 6.07 Å². The van der Waals surface area contributed by atoms with Crippen molar-refractivity contribution < 1.29 is 4.74 Å². The van der Waals surface area contributed by atoms with Crippen LogP contribution in [0.3, 0.4) is 0 Å². The van der Waals surface area contributed by atoms with Gasteiger partial charge in [0.25, 0.3) is 5.88 Å². The molecule has 7 nitrogen and oxygen atoms in total. The van der Waals surface area contributed by atoms with E-state index in [-0.39, 0.29) is 5.95 Å². The number of halogens is 1. The molecule has 0 unspecified atom stereocenters. The fraction of sp³-hybridized carbons (Fsp3) is 0.417. The average molecular weight is 295 g/mol. The van der Waals surface area contributed by atoms with Crippen LogP contribution in [0.2, 0.25) is 5.02 Å². The van der Waals surface area contributed by atoms with E-state index in [1.807, 2.05) is 6.07 Å². The zero-order valence-corrected chi connectivity index (χ0v) is 11.8. The first-order valence-electron chi connectivity index (χ1n) is 6.37. The number of rotatable bonds is 3. The van der Waals surface area contributed by atoms with E-state index < -0.39 is 0 Å². The first-order chi connectivity index (χ1) is 9.69. The molecule has 1 aliphatic heterocycles. The summed E-state index contributed by atoms with van der Waals surface area (Å²) >= 11 is 6.19. The first-order valence-corrected chi connectivity index (χ1v) is 6.74. The smallest absolute Gasteiger partial charge is 0.252 e. The Morgan fingerprint density at radius 2 is 2.10 bits per heavy atom. The molecule has 2 aromatic rings. The average Bonchev–Trinajstić information content (AvgIpc) is 3.07. The molecule has 1 aliphatic rings. The second-order valence-corrected chi connectivity index (χ2v) is 4.96. The van der Waals surface area contributed by atoms with Crippen LogP contribution in [0.4, 0.5) is 11.8 Å². The Morgan fingerprint density at radius 1 is 1.35 bits per heavy atom. The lowest BCUT2D eigenvalue weighted by Crippen LogP contribution is -2.19. The van der Waals surface area contributed by atoms with Gasteiger partial charge in [0.2, 0.25) is 5.95 Å². The SMILES string of the molecule is COc1n[nH]c(-c2cc(N3CCCC3)nc(N)n2)c1Cl. The van der Waals surface area contributed by atoms with Crippen LogP contribution < -0.4 is 15.4 Å². The van der Waals surface area contributed by atoms with Gasteiger partial charge in [-0.3, -0.25) is 5.10 Å². The van der Waals surface area contributed by atoms with E-state index in [1.54, 1.807) is 0 Å². The number of nitrogen functional groups attached to an aromatic ring is 1. The molecule has 0 atom stereocenters. The van der Waals surface area contributed by atoms with Gasteiger partial charge in [0.15, 0.2) is 0 Å². The zero-order chi connectivity index (χ0) is 14.1. The summed E-state index contributed by atoms with van der Waals surface area (Å²) in [6, 6.07) is 1.86. The fourth-order valence-electron chi connectivity index (χ4n) is 2.31. The van der Waals surface area contributed by atoms with E-state index in [0.717, 1.165) is 31.7 Å². The van der Waals surface area contributed by atoms with Crippen molar-refractivity contribution in [1.82, 2.24) is 20.2 Å². The summed E-state index contributed by atoms with van der Waals surface area (Å²) in [6.45, 7) is 1.96. The van der Waals surface area contributed by atoms with E-state index in [9.17, 15) is 0 Å². The summed E-state index contributed by atoms with van der Waals surface area (Å²) in [5.74, 6) is 1.37. The molecule has 1 fully saturated rings. The quantitative estimate of drug-likeness (QED) is 0.895. The number of aromatic amines is 1. The van der Waals surface area contributed by atoms with E-state index >= 15 is 0 Å². The topological polar surface area (TPSA) is 93.0 Å². The minimum atomic E-state index is 0.217. The molecule has 0 saturated carbocycles. The number of nitrogens with one attached hydrogen (secondary N) is 1. The van der Waals surface area contributed by atoms with Gasteiger partial charge in [0.05, 0.1) is 12.8 Å². The molecular formula is C12H15ClN6O. The van der Waals surface area contributed by atoms with Crippen LogP contribution in [-0.2, 0) is 0 Å². The second kappa shape index (κ2) is 5.16. The zero-order valence-electron chi connectivity index (χ0n) is 11.1. The summed E-state index contributed by atoms with van der Waals surface area (Å²) in [5.41, 5.74) is 6.99. The molecule has 0 spiro atoms. The molecule has 8 heteroatoms. The van der Waals surface area contributed by atoms with Crippen molar-refractivity contribution in [2.45, 2.75) is 12.8 Å². The predicted octanol–water partition coefficient (Wildman–Crippen LogP) is 1.71. The highest BCUT2D eigenvalue weighted by molar-refractivity contribution is 6.34. The largest absolute Gasteiger partial charge is 0.479 e. The van der Waals surface area contributed by atoms with Gasteiger partial charge in [-0.25, -0.2) is 4.98 Å². The molecule has 0 aromatic carbocycles. The number of methoxy groups -OCH3 is 1. The molecule has 0 amide bonds. The maximum Gasteiger partial charge on any atom is 0.252 e. The van der Waals surface area contributed by atoms with Crippen molar-refractivity contribution in [3.05, 3.63) is 11.1 Å². The molecule has 0 bridgehead atoms. The number of nitrogens with zero attached hydrogens (tertiary/aromatic N) is 4. The van der Waals surface area contributed by atoms with Gasteiger partial charge in [-0.1, -0.05) is 11.6 Å². The van der Waals surface area contributed by atoms with Crippen molar-refractivity contribution in [1.29, 1.82) is 0 Å². The summed E-state index contributed by atoms with van der Waals surface area (Å²) < 4.78 is 5.05. The molecule has 106 valence electrons. The Balaban J connectivity index is 2.02. The fourth-order valence-corrected chi connectivity index (χ4v) is 2.56. The van der Waals surface area contributed by atoms with Crippen molar-refractivity contribution in [2.75, 3.05) is 30.8 Å². The Bertz CT molecular complexity index is 622. The van der Waals surface area contributed by atoms with Crippen LogP contribution in [0, 0.1) is 0 Å². The van der Waals surface area contributed by atoms with E-state index in [0.29, 0.717) is 22.3 Å². The third kappa shape index (κ3) is 2.24. The molecule has 0 aliphatic carbocycles. The normalized spacial score (nSPS) is 14.8. The standard InChI is InChI=1S/C12H15ClN6O/c1-20-11-9(13)10(17-18-11)7-6-8(16-12(14)15-7)19-4-2-3-5-19/h6H,2-5H2,1H3,(H,17,18)(H2,14,15,16). The number of aromatic nitrogens is 4. The molecule has 1 saturated heterocycles. The number of anilines is 2. The number of hydrogen-bond donors (Lipinski definition) is 2. The van der Waals surface area contributed by atoms with Gasteiger partial charge >= 0.3 is 0 Å². The number of hydrogen-bond acceptors (Lipinski definition) is 6. The predicted molar refractivity (Wildman–Crippen MR) is 77.0 cm³/mol. The molecule has 2 aromatic heterocycles. The van der Waals surface area contributed by atoms with E-state index in [4.69, 9.17) is 22.1 Å². The van der Waals surface area contributed by atoms with Crippen LogP contribution in [0.25, 0.3) is 11.4 Å². The molecule has 0 radical (unpaired) electrons. The van der Waals surface area contributed by atoms with E-state index in [1.165, 1.54) is 7.11 Å². The lowest BCUT2D eigenvalue weighted by Gasteiger charge is -2.17. The summed E-state index contributed by atoms with van der Waals surface area (Å²) in [4.78, 5) is 10.7. The molecule has 3 rings (SSSR count). The number of nitrogens with two attached hydrogens (primary N) is 1. The first kappa shape index (κ1) is 13.0. The highest BCUT2D eigenvalue weighted by Crippen LogP contribution is 2.33. The maximum atomic E-state index is 6.19. The molecule has 3 N–H and O–H groups in total. The second-order valence-electron chi connectivity index (χ2n) is 4.59. The Kier molecular flexibility index (Phi) is 3.35. The lowest BCUT2D eigenvalue weighted by molar-refractivity contribution is 0.397. The van der Waals surface area contributed by atoms with E-state index in [2.05, 4.69) is 25.1 Å². The highest BCUT2D eigenvalue weighted by Gasteiger charge is 2.19. The van der Waals surface area contributed by atoms with Gasteiger partial charge < -0.3 is 15.4 Å². The summed E-state index contributed by atoms with van der Waals surface area (Å²) in [6.07, 6.45) is 2.33. The van der Waals surface area contributed by atoms with Gasteiger partial charge in [0, 0.05) is 19.2 Å².